The highest BCUT2D eigenvalue weighted by atomic mass is 16.4. The molecular weight excluding hydrogens is 356 g/mol. The Morgan fingerprint density at radius 2 is 0.857 bits per heavy atom. The van der Waals surface area contributed by atoms with E-state index in [0.29, 0.717) is 12.2 Å². The topological polar surface area (TPSA) is 80.3 Å². The van der Waals surface area contributed by atoms with E-state index in [9.17, 15) is 19.8 Å². The van der Waals surface area contributed by atoms with Gasteiger partial charge in [-0.25, -0.2) is 0 Å². The van der Waals surface area contributed by atoms with Crippen molar-refractivity contribution in [3.8, 4) is 0 Å². The molecule has 28 heavy (non-hydrogen) atoms. The van der Waals surface area contributed by atoms with Crippen LogP contribution in [0.2, 0.25) is 0 Å². The molecule has 6 nitrogen and oxygen atoms in total. The molecule has 0 aliphatic rings. The van der Waals surface area contributed by atoms with Gasteiger partial charge in [0.25, 0.3) is 0 Å². The minimum absolute atomic E-state index is 0.384. The van der Waals surface area contributed by atoms with Crippen LogP contribution in [0.1, 0.15) is 0 Å². The highest BCUT2D eigenvalue weighted by Gasteiger charge is 2.09. The Labute approximate surface area is 167 Å². The third-order valence-corrected chi connectivity index (χ3v) is 3.42. The fraction of sp³-hybridized carbons (Fsp3) is 0.273. The van der Waals surface area contributed by atoms with Crippen molar-refractivity contribution in [2.24, 2.45) is 0 Å². The van der Waals surface area contributed by atoms with Gasteiger partial charge in [-0.3, -0.25) is 8.97 Å². The van der Waals surface area contributed by atoms with Gasteiger partial charge in [0.05, 0.1) is 54.2 Å². The van der Waals surface area contributed by atoms with E-state index in [1.54, 1.807) is 0 Å². The fourth-order valence-corrected chi connectivity index (χ4v) is 1.89. The molecule has 0 spiro atoms. The third-order valence-electron chi connectivity index (χ3n) is 3.42. The monoisotopic (exact) mass is 386 g/mol. The van der Waals surface area contributed by atoms with Gasteiger partial charge in [-0.2, -0.15) is 0 Å². The number of aliphatic carboxylic acids is 2. The first kappa shape index (κ1) is 25.0. The number of para-hydroxylation sites is 2. The van der Waals surface area contributed by atoms with E-state index in [0.717, 1.165) is 8.97 Å². The van der Waals surface area contributed by atoms with Crippen molar-refractivity contribution in [3.05, 3.63) is 72.8 Å². The summed E-state index contributed by atoms with van der Waals surface area (Å²) in [7, 11) is 13.0. The summed E-state index contributed by atoms with van der Waals surface area (Å²) in [5.74, 6) is -3.09. The molecule has 0 saturated carbocycles. The highest BCUT2D eigenvalue weighted by Crippen LogP contribution is 2.14. The van der Waals surface area contributed by atoms with Gasteiger partial charge in [0.15, 0.2) is 0 Å². The zero-order chi connectivity index (χ0) is 21.8. The maximum atomic E-state index is 9.41. The summed E-state index contributed by atoms with van der Waals surface area (Å²) in [4.78, 5) is 18.8. The van der Waals surface area contributed by atoms with Gasteiger partial charge >= 0.3 is 0 Å². The lowest BCUT2D eigenvalue weighted by atomic mass is 10.3. The first-order chi connectivity index (χ1) is 12.8. The van der Waals surface area contributed by atoms with Gasteiger partial charge in [0.2, 0.25) is 0 Å². The predicted molar refractivity (Wildman–Crippen MR) is 111 cm³/mol. The molecule has 0 radical (unpaired) electrons. The average Bonchev–Trinajstić information content (AvgIpc) is 2.61. The molecule has 0 bridgehead atoms. The minimum atomic E-state index is -1.55. The van der Waals surface area contributed by atoms with E-state index in [4.69, 9.17) is 0 Å². The lowest BCUT2D eigenvalue weighted by Crippen LogP contribution is -2.34. The van der Waals surface area contributed by atoms with E-state index < -0.39 is 11.9 Å². The number of nitrogens with zero attached hydrogens (tertiary/aromatic N) is 2. The maximum Gasteiger partial charge on any atom is 0.132 e. The Morgan fingerprint density at radius 1 is 0.607 bits per heavy atom. The van der Waals surface area contributed by atoms with Crippen molar-refractivity contribution in [2.75, 3.05) is 42.3 Å². The molecule has 2 aromatic carbocycles. The second-order valence-electron chi connectivity index (χ2n) is 7.67. The summed E-state index contributed by atoms with van der Waals surface area (Å²) >= 11 is 0. The summed E-state index contributed by atoms with van der Waals surface area (Å²) in [5, 5.41) is 18.8. The van der Waals surface area contributed by atoms with Crippen LogP contribution in [0.5, 0.6) is 0 Å². The SMILES string of the molecule is C[N+](C)(C)c1ccccc1.C[N+](C)(C)c1ccccc1.O=C([O-])/C=C/C(=O)[O-]. The number of benzene rings is 2. The molecule has 0 unspecified atom stereocenters. The van der Waals surface area contributed by atoms with Crippen LogP contribution in [-0.2, 0) is 9.59 Å². The Kier molecular flexibility index (Phi) is 10.5. The molecule has 0 fully saturated rings. The lowest BCUT2D eigenvalue weighted by molar-refractivity contribution is -0.301. The van der Waals surface area contributed by atoms with Crippen molar-refractivity contribution >= 4 is 23.3 Å². The van der Waals surface area contributed by atoms with Gasteiger partial charge in [-0.05, 0) is 36.4 Å². The van der Waals surface area contributed by atoms with E-state index in [1.165, 1.54) is 11.4 Å². The van der Waals surface area contributed by atoms with Gasteiger partial charge in [-0.1, -0.05) is 36.4 Å². The molecule has 0 heterocycles. The van der Waals surface area contributed by atoms with Crippen LogP contribution < -0.4 is 19.2 Å². The number of carbonyl (C=O) groups is 2. The number of quaternary nitrogens is 2. The Morgan fingerprint density at radius 3 is 1.00 bits per heavy atom. The molecule has 0 aliphatic heterocycles. The largest absolute Gasteiger partial charge is 0.545 e. The first-order valence-corrected chi connectivity index (χ1v) is 8.68. The average molecular weight is 386 g/mol. The zero-order valence-electron chi connectivity index (χ0n) is 17.5. The molecule has 152 valence electrons. The second-order valence-corrected chi connectivity index (χ2v) is 7.67. The molecule has 0 saturated heterocycles. The van der Waals surface area contributed by atoms with Gasteiger partial charge in [-0.15, -0.1) is 0 Å². The Balaban J connectivity index is 0.000000394. The molecule has 6 heteroatoms. The van der Waals surface area contributed by atoms with E-state index in [1.807, 2.05) is 12.1 Å². The summed E-state index contributed by atoms with van der Waals surface area (Å²) in [6.45, 7) is 0. The smallest absolute Gasteiger partial charge is 0.132 e. The molecule has 2 rings (SSSR count). The van der Waals surface area contributed by atoms with Crippen molar-refractivity contribution in [3.63, 3.8) is 0 Å². The van der Waals surface area contributed by atoms with Crippen LogP contribution in [0.4, 0.5) is 11.4 Å². The number of carboxylic acids is 2. The molecular formula is C22H30N2O4. The van der Waals surface area contributed by atoms with Crippen molar-refractivity contribution < 1.29 is 19.8 Å². The minimum Gasteiger partial charge on any atom is -0.545 e. The van der Waals surface area contributed by atoms with Gasteiger partial charge in [0, 0.05) is 0 Å². The van der Waals surface area contributed by atoms with Crippen LogP contribution in [0, 0.1) is 0 Å². The second kappa shape index (κ2) is 11.7. The molecule has 0 aliphatic carbocycles. The Hall–Kier alpha value is -2.96. The van der Waals surface area contributed by atoms with Crippen molar-refractivity contribution in [1.29, 1.82) is 0 Å². The molecule has 0 atom stereocenters. The number of carbonyl (C=O) groups excluding carboxylic acids is 2. The van der Waals surface area contributed by atoms with Crippen LogP contribution in [-0.4, -0.2) is 54.2 Å². The molecule has 0 aromatic heterocycles. The zero-order valence-corrected chi connectivity index (χ0v) is 17.5. The number of hydrogen-bond donors (Lipinski definition) is 0. The van der Waals surface area contributed by atoms with Crippen LogP contribution in [0.3, 0.4) is 0 Å². The molecule has 0 N–H and O–H groups in total. The number of rotatable bonds is 4. The summed E-state index contributed by atoms with van der Waals surface area (Å²) in [6.07, 6.45) is 0.769. The van der Waals surface area contributed by atoms with Gasteiger partial charge < -0.3 is 19.8 Å². The standard InChI is InChI=1S/2C9H14N.C4H4O4/c2*1-10(2,3)9-7-5-4-6-8-9;5-3(6)1-2-4(7)8/h2*4-8H,1-3H3;1-2H,(H,5,6)(H,7,8)/q2*+1;/p-2/b;;2-1+. The summed E-state index contributed by atoms with van der Waals surface area (Å²) in [5.41, 5.74) is 2.67. The predicted octanol–water partition coefficient (Wildman–Crippen LogP) is 0.809. The Bertz CT molecular complexity index is 678. The summed E-state index contributed by atoms with van der Waals surface area (Å²) < 4.78 is 1.78. The maximum absolute atomic E-state index is 9.41. The van der Waals surface area contributed by atoms with E-state index >= 15 is 0 Å². The van der Waals surface area contributed by atoms with Crippen LogP contribution in [0.25, 0.3) is 0 Å². The van der Waals surface area contributed by atoms with E-state index in [-0.39, 0.29) is 0 Å². The van der Waals surface area contributed by atoms with Crippen molar-refractivity contribution in [1.82, 2.24) is 8.97 Å². The van der Waals surface area contributed by atoms with Crippen LogP contribution in [0.15, 0.2) is 72.8 Å². The summed E-state index contributed by atoms with van der Waals surface area (Å²) in [6, 6.07) is 20.9. The molecule has 0 amide bonds. The number of hydrogen-bond acceptors (Lipinski definition) is 4. The lowest BCUT2D eigenvalue weighted by Gasteiger charge is -2.22. The fourth-order valence-electron chi connectivity index (χ4n) is 1.89. The quantitative estimate of drug-likeness (QED) is 0.575. The van der Waals surface area contributed by atoms with Crippen LogP contribution >= 0.6 is 0 Å². The first-order valence-electron chi connectivity index (χ1n) is 8.68. The molecule has 2 aromatic rings. The third kappa shape index (κ3) is 12.4. The van der Waals surface area contributed by atoms with Gasteiger partial charge in [0.1, 0.15) is 11.4 Å². The van der Waals surface area contributed by atoms with Crippen molar-refractivity contribution in [2.45, 2.75) is 0 Å². The van der Waals surface area contributed by atoms with E-state index in [2.05, 4.69) is 90.8 Å². The highest BCUT2D eigenvalue weighted by molar-refractivity contribution is 5.87. The normalized spacial score (nSPS) is 10.9. The number of carboxylic acid groups (broad SMARTS) is 2.